The van der Waals surface area contributed by atoms with Crippen LogP contribution in [-0.4, -0.2) is 27.6 Å². The number of pyridine rings is 2. The lowest BCUT2D eigenvalue weighted by atomic mass is 9.93. The molecule has 0 unspecified atom stereocenters. The molecule has 2 aromatic rings. The SMILES string of the molecule is C=C1C[C@@](C)(c2cc(NC(=O)c3cc4c(cn3)OCC4)ccn2)N=C(N)S1. The van der Waals surface area contributed by atoms with Gasteiger partial charge in [-0.1, -0.05) is 18.3 Å². The van der Waals surface area contributed by atoms with Gasteiger partial charge in [0.25, 0.3) is 5.91 Å². The first kappa shape index (κ1) is 17.5. The van der Waals surface area contributed by atoms with Crippen molar-refractivity contribution in [2.45, 2.75) is 25.3 Å². The molecule has 1 atom stereocenters. The molecule has 3 N–H and O–H groups in total. The summed E-state index contributed by atoms with van der Waals surface area (Å²) in [4.78, 5) is 26.7. The summed E-state index contributed by atoms with van der Waals surface area (Å²) in [5.74, 6) is 0.468. The van der Waals surface area contributed by atoms with Crippen LogP contribution in [0, 0.1) is 0 Å². The number of ether oxygens (including phenoxy) is 1. The quantitative estimate of drug-likeness (QED) is 0.847. The number of amides is 1. The predicted octanol–water partition coefficient (Wildman–Crippen LogP) is 2.84. The zero-order valence-corrected chi connectivity index (χ0v) is 15.7. The van der Waals surface area contributed by atoms with Crippen molar-refractivity contribution in [3.05, 3.63) is 59.0 Å². The lowest BCUT2D eigenvalue weighted by Crippen LogP contribution is -2.28. The molecule has 2 aliphatic rings. The van der Waals surface area contributed by atoms with E-state index in [0.717, 1.165) is 28.3 Å². The van der Waals surface area contributed by atoms with Gasteiger partial charge in [0, 0.05) is 30.3 Å². The minimum Gasteiger partial charge on any atom is -0.491 e. The zero-order chi connectivity index (χ0) is 19.0. The third kappa shape index (κ3) is 3.52. The van der Waals surface area contributed by atoms with E-state index in [9.17, 15) is 4.79 Å². The zero-order valence-electron chi connectivity index (χ0n) is 14.9. The monoisotopic (exact) mass is 381 g/mol. The number of nitrogens with one attached hydrogen (secondary N) is 1. The average Bonchev–Trinajstić information content (AvgIpc) is 3.08. The van der Waals surface area contributed by atoms with Crippen molar-refractivity contribution in [1.82, 2.24) is 9.97 Å². The van der Waals surface area contributed by atoms with E-state index in [1.54, 1.807) is 24.5 Å². The van der Waals surface area contributed by atoms with Crippen molar-refractivity contribution in [2.24, 2.45) is 10.7 Å². The number of nitrogens with two attached hydrogens (primary N) is 1. The summed E-state index contributed by atoms with van der Waals surface area (Å²) in [6.45, 7) is 6.60. The Morgan fingerprint density at radius 1 is 1.41 bits per heavy atom. The van der Waals surface area contributed by atoms with Crippen LogP contribution in [0.1, 0.15) is 35.1 Å². The number of thioether (sulfide) groups is 1. The molecule has 0 saturated carbocycles. The van der Waals surface area contributed by atoms with E-state index in [4.69, 9.17) is 10.5 Å². The number of fused-ring (bicyclic) bond motifs is 1. The van der Waals surface area contributed by atoms with Gasteiger partial charge in [-0.15, -0.1) is 0 Å². The van der Waals surface area contributed by atoms with E-state index < -0.39 is 5.54 Å². The number of nitrogens with zero attached hydrogens (tertiary/aromatic N) is 3. The number of aromatic nitrogens is 2. The molecule has 27 heavy (non-hydrogen) atoms. The van der Waals surface area contributed by atoms with Gasteiger partial charge in [0.05, 0.1) is 18.5 Å². The van der Waals surface area contributed by atoms with Gasteiger partial charge < -0.3 is 15.8 Å². The van der Waals surface area contributed by atoms with Crippen LogP contribution in [0.15, 0.2) is 47.1 Å². The molecule has 2 aliphatic heterocycles. The van der Waals surface area contributed by atoms with Crippen molar-refractivity contribution in [1.29, 1.82) is 0 Å². The van der Waals surface area contributed by atoms with Crippen molar-refractivity contribution in [3.8, 4) is 5.75 Å². The lowest BCUT2D eigenvalue weighted by Gasteiger charge is -2.30. The fourth-order valence-corrected chi connectivity index (χ4v) is 4.12. The number of carbonyl (C=O) groups excluding carboxylic acids is 1. The van der Waals surface area contributed by atoms with E-state index >= 15 is 0 Å². The summed E-state index contributed by atoms with van der Waals surface area (Å²) < 4.78 is 5.43. The average molecular weight is 381 g/mol. The number of rotatable bonds is 3. The fraction of sp³-hybridized carbons (Fsp3) is 0.263. The Labute approximate surface area is 161 Å². The molecule has 2 aromatic heterocycles. The van der Waals surface area contributed by atoms with Crippen LogP contribution in [0.5, 0.6) is 5.75 Å². The van der Waals surface area contributed by atoms with E-state index in [1.807, 2.05) is 13.0 Å². The van der Waals surface area contributed by atoms with Crippen LogP contribution in [0.2, 0.25) is 0 Å². The highest BCUT2D eigenvalue weighted by Gasteiger charge is 2.33. The van der Waals surface area contributed by atoms with Crippen LogP contribution in [0.3, 0.4) is 0 Å². The van der Waals surface area contributed by atoms with Crippen LogP contribution in [-0.2, 0) is 12.0 Å². The van der Waals surface area contributed by atoms with Gasteiger partial charge in [0.1, 0.15) is 17.0 Å². The summed E-state index contributed by atoms with van der Waals surface area (Å²) in [5.41, 5.74) is 8.02. The summed E-state index contributed by atoms with van der Waals surface area (Å²) >= 11 is 1.38. The lowest BCUT2D eigenvalue weighted by molar-refractivity contribution is 0.102. The first-order valence-corrected chi connectivity index (χ1v) is 9.35. The predicted molar refractivity (Wildman–Crippen MR) is 106 cm³/mol. The third-order valence-electron chi connectivity index (χ3n) is 4.53. The number of anilines is 1. The summed E-state index contributed by atoms with van der Waals surface area (Å²) in [5, 5.41) is 3.35. The van der Waals surface area contributed by atoms with E-state index in [1.165, 1.54) is 11.8 Å². The minimum atomic E-state index is -0.601. The van der Waals surface area contributed by atoms with Crippen molar-refractivity contribution in [2.75, 3.05) is 11.9 Å². The van der Waals surface area contributed by atoms with Crippen molar-refractivity contribution in [3.63, 3.8) is 0 Å². The molecule has 0 aliphatic carbocycles. The molecule has 4 rings (SSSR count). The number of aliphatic imine (C=N–C) groups is 1. The van der Waals surface area contributed by atoms with Crippen LogP contribution in [0.4, 0.5) is 5.69 Å². The van der Waals surface area contributed by atoms with Gasteiger partial charge in [0.15, 0.2) is 5.17 Å². The first-order valence-electron chi connectivity index (χ1n) is 8.53. The van der Waals surface area contributed by atoms with Gasteiger partial charge in [-0.05, 0) is 30.0 Å². The largest absolute Gasteiger partial charge is 0.491 e. The molecule has 138 valence electrons. The summed E-state index contributed by atoms with van der Waals surface area (Å²) in [7, 11) is 0. The minimum absolute atomic E-state index is 0.279. The van der Waals surface area contributed by atoms with Gasteiger partial charge in [0.2, 0.25) is 0 Å². The van der Waals surface area contributed by atoms with Gasteiger partial charge in [-0.3, -0.25) is 9.78 Å². The normalized spacial score (nSPS) is 21.2. The summed E-state index contributed by atoms with van der Waals surface area (Å²) in [6.07, 6.45) is 4.67. The molecule has 0 aromatic carbocycles. The third-order valence-corrected chi connectivity index (χ3v) is 5.26. The van der Waals surface area contributed by atoms with Crippen molar-refractivity contribution < 1.29 is 9.53 Å². The number of hydrogen-bond donors (Lipinski definition) is 2. The van der Waals surface area contributed by atoms with Gasteiger partial charge >= 0.3 is 0 Å². The topological polar surface area (TPSA) is 102 Å². The molecule has 0 spiro atoms. The number of amidine groups is 1. The first-order chi connectivity index (χ1) is 12.9. The second-order valence-electron chi connectivity index (χ2n) is 6.70. The molecule has 7 nitrogen and oxygen atoms in total. The number of carbonyl (C=O) groups is 1. The maximum atomic E-state index is 12.6. The molecule has 8 heteroatoms. The second-order valence-corrected chi connectivity index (χ2v) is 7.90. The second kappa shape index (κ2) is 6.70. The Balaban J connectivity index is 1.57. The highest BCUT2D eigenvalue weighted by Crippen LogP contribution is 2.39. The van der Waals surface area contributed by atoms with Gasteiger partial charge in [-0.25, -0.2) is 9.98 Å². The Kier molecular flexibility index (Phi) is 4.35. The Bertz CT molecular complexity index is 974. The summed E-state index contributed by atoms with van der Waals surface area (Å²) in [6, 6.07) is 5.32. The van der Waals surface area contributed by atoms with E-state index in [2.05, 4.69) is 26.9 Å². The smallest absolute Gasteiger partial charge is 0.274 e. The highest BCUT2D eigenvalue weighted by atomic mass is 32.2. The molecule has 0 saturated heterocycles. The maximum Gasteiger partial charge on any atom is 0.274 e. The van der Waals surface area contributed by atoms with Gasteiger partial charge in [-0.2, -0.15) is 0 Å². The van der Waals surface area contributed by atoms with Crippen LogP contribution in [0.25, 0.3) is 0 Å². The van der Waals surface area contributed by atoms with E-state index in [-0.39, 0.29) is 5.91 Å². The molecule has 0 fully saturated rings. The molecule has 0 radical (unpaired) electrons. The standard InChI is InChI=1S/C19H19N5O2S/c1-11-9-19(2,24-18(20)27-11)16-8-13(3-5-21-16)23-17(25)14-7-12-4-6-26-15(12)10-22-14/h3,5,7-8,10H,1,4,6,9H2,2H3,(H2,20,24)(H,21,23,25)/t19-/m0/s1. The fourth-order valence-electron chi connectivity index (χ4n) is 3.22. The molecular weight excluding hydrogens is 362 g/mol. The van der Waals surface area contributed by atoms with Crippen molar-refractivity contribution >= 4 is 28.5 Å². The molecule has 0 bridgehead atoms. The van der Waals surface area contributed by atoms with Crippen LogP contribution < -0.4 is 15.8 Å². The highest BCUT2D eigenvalue weighted by molar-refractivity contribution is 8.17. The Morgan fingerprint density at radius 2 is 2.26 bits per heavy atom. The maximum absolute atomic E-state index is 12.6. The molecular formula is C19H19N5O2S. The molecule has 4 heterocycles. The van der Waals surface area contributed by atoms with Crippen LogP contribution >= 0.6 is 11.8 Å². The Morgan fingerprint density at radius 3 is 3.07 bits per heavy atom. The molecule has 1 amide bonds. The Hall–Kier alpha value is -2.87. The number of hydrogen-bond acceptors (Lipinski definition) is 7. The van der Waals surface area contributed by atoms with E-state index in [0.29, 0.717) is 29.6 Å².